The van der Waals surface area contributed by atoms with Crippen molar-refractivity contribution in [2.45, 2.75) is 6.04 Å². The quantitative estimate of drug-likeness (QED) is 0.893. The predicted octanol–water partition coefficient (Wildman–Crippen LogP) is 3.01. The highest BCUT2D eigenvalue weighted by Gasteiger charge is 2.23. The molecule has 0 radical (unpaired) electrons. The smallest absolute Gasteiger partial charge is 0.134 e. The summed E-state index contributed by atoms with van der Waals surface area (Å²) < 4.78 is 45.0. The van der Waals surface area contributed by atoms with Crippen molar-refractivity contribution in [2.75, 3.05) is 7.05 Å². The second-order valence-corrected chi connectivity index (χ2v) is 3.52. The van der Waals surface area contributed by atoms with Gasteiger partial charge in [0.25, 0.3) is 0 Å². The van der Waals surface area contributed by atoms with Crippen molar-refractivity contribution >= 4 is 0 Å². The molecule has 1 N–H and O–H groups in total. The molecule has 0 amide bonds. The van der Waals surface area contributed by atoms with E-state index in [1.165, 1.54) is 13.3 Å². The van der Waals surface area contributed by atoms with E-state index >= 15 is 0 Å². The van der Waals surface area contributed by atoms with Crippen LogP contribution in [0, 0.1) is 17.5 Å². The number of benzene rings is 1. The molecule has 1 aromatic carbocycles. The van der Waals surface area contributed by atoms with E-state index in [0.717, 1.165) is 0 Å². The van der Waals surface area contributed by atoms with Crippen LogP contribution in [0.1, 0.15) is 17.4 Å². The third kappa shape index (κ3) is 2.19. The van der Waals surface area contributed by atoms with Crippen LogP contribution in [0.3, 0.4) is 0 Å². The summed E-state index contributed by atoms with van der Waals surface area (Å²) in [6.07, 6.45) is 1.40. The van der Waals surface area contributed by atoms with Crippen molar-refractivity contribution in [3.63, 3.8) is 0 Å². The number of furan rings is 1. The SMILES string of the molecule is CNC(c1ccco1)c1c(F)cc(F)cc1F. The molecule has 0 spiro atoms. The van der Waals surface area contributed by atoms with Crippen molar-refractivity contribution in [1.82, 2.24) is 5.32 Å². The van der Waals surface area contributed by atoms with Gasteiger partial charge in [-0.1, -0.05) is 0 Å². The molecule has 17 heavy (non-hydrogen) atoms. The van der Waals surface area contributed by atoms with Gasteiger partial charge in [-0.2, -0.15) is 0 Å². The third-order valence-corrected chi connectivity index (χ3v) is 2.45. The van der Waals surface area contributed by atoms with Crippen LogP contribution >= 0.6 is 0 Å². The van der Waals surface area contributed by atoms with Gasteiger partial charge < -0.3 is 9.73 Å². The minimum Gasteiger partial charge on any atom is -0.467 e. The zero-order valence-electron chi connectivity index (χ0n) is 9.01. The van der Waals surface area contributed by atoms with Gasteiger partial charge in [0.2, 0.25) is 0 Å². The lowest BCUT2D eigenvalue weighted by Gasteiger charge is -2.15. The molecule has 0 fully saturated rings. The molecule has 2 aromatic rings. The Labute approximate surface area is 96.1 Å². The van der Waals surface area contributed by atoms with Gasteiger partial charge in [-0.25, -0.2) is 13.2 Å². The second kappa shape index (κ2) is 4.63. The van der Waals surface area contributed by atoms with E-state index in [1.54, 1.807) is 12.1 Å². The molecule has 1 unspecified atom stereocenters. The van der Waals surface area contributed by atoms with Crippen LogP contribution in [0.4, 0.5) is 13.2 Å². The highest BCUT2D eigenvalue weighted by atomic mass is 19.1. The van der Waals surface area contributed by atoms with Crippen molar-refractivity contribution < 1.29 is 17.6 Å². The van der Waals surface area contributed by atoms with E-state index < -0.39 is 23.5 Å². The van der Waals surface area contributed by atoms with Gasteiger partial charge >= 0.3 is 0 Å². The van der Waals surface area contributed by atoms with Gasteiger partial charge in [-0.05, 0) is 19.2 Å². The highest BCUT2D eigenvalue weighted by molar-refractivity contribution is 5.29. The molecular formula is C12H10F3NO. The van der Waals surface area contributed by atoms with Gasteiger partial charge in [0, 0.05) is 17.7 Å². The first kappa shape index (κ1) is 11.7. The minimum absolute atomic E-state index is 0.260. The van der Waals surface area contributed by atoms with Crippen LogP contribution in [0.5, 0.6) is 0 Å². The highest BCUT2D eigenvalue weighted by Crippen LogP contribution is 2.27. The van der Waals surface area contributed by atoms with Gasteiger partial charge in [0.15, 0.2) is 0 Å². The van der Waals surface area contributed by atoms with Crippen LogP contribution in [-0.2, 0) is 0 Å². The molecule has 0 aliphatic heterocycles. The summed E-state index contributed by atoms with van der Waals surface area (Å²) in [5, 5.41) is 2.73. The Morgan fingerprint density at radius 3 is 2.29 bits per heavy atom. The third-order valence-electron chi connectivity index (χ3n) is 2.45. The van der Waals surface area contributed by atoms with Gasteiger partial charge in [-0.3, -0.25) is 0 Å². The zero-order chi connectivity index (χ0) is 12.4. The van der Waals surface area contributed by atoms with Crippen LogP contribution in [0.15, 0.2) is 34.9 Å². The Morgan fingerprint density at radius 1 is 1.18 bits per heavy atom. The van der Waals surface area contributed by atoms with Crippen LogP contribution in [0.25, 0.3) is 0 Å². The number of nitrogens with one attached hydrogen (secondary N) is 1. The summed E-state index contributed by atoms with van der Waals surface area (Å²) >= 11 is 0. The topological polar surface area (TPSA) is 25.2 Å². The maximum absolute atomic E-state index is 13.6. The first-order valence-corrected chi connectivity index (χ1v) is 4.98. The summed E-state index contributed by atoms with van der Waals surface area (Å²) in [5.41, 5.74) is -0.260. The summed E-state index contributed by atoms with van der Waals surface area (Å²) in [7, 11) is 1.54. The zero-order valence-corrected chi connectivity index (χ0v) is 9.01. The molecule has 1 heterocycles. The van der Waals surface area contributed by atoms with Crippen molar-refractivity contribution in [3.8, 4) is 0 Å². The molecule has 5 heteroatoms. The van der Waals surface area contributed by atoms with Crippen molar-refractivity contribution in [3.05, 3.63) is 59.3 Å². The molecular weight excluding hydrogens is 231 g/mol. The van der Waals surface area contributed by atoms with E-state index in [1.807, 2.05) is 0 Å². The molecule has 1 atom stereocenters. The number of rotatable bonds is 3. The fourth-order valence-corrected chi connectivity index (χ4v) is 1.71. The second-order valence-electron chi connectivity index (χ2n) is 3.52. The van der Waals surface area contributed by atoms with Gasteiger partial charge in [-0.15, -0.1) is 0 Å². The van der Waals surface area contributed by atoms with E-state index in [4.69, 9.17) is 4.42 Å². The Kier molecular flexibility index (Phi) is 3.19. The van der Waals surface area contributed by atoms with Gasteiger partial charge in [0.05, 0.1) is 12.3 Å². The van der Waals surface area contributed by atoms with Crippen LogP contribution in [0.2, 0.25) is 0 Å². The number of hydrogen-bond donors (Lipinski definition) is 1. The average Bonchev–Trinajstić information content (AvgIpc) is 2.76. The normalized spacial score (nSPS) is 12.7. The molecule has 0 saturated carbocycles. The lowest BCUT2D eigenvalue weighted by molar-refractivity contribution is 0.434. The van der Waals surface area contributed by atoms with E-state index in [-0.39, 0.29) is 5.56 Å². The molecule has 1 aromatic heterocycles. The summed E-state index contributed by atoms with van der Waals surface area (Å²) in [5.74, 6) is -2.48. The molecule has 90 valence electrons. The van der Waals surface area contributed by atoms with Crippen LogP contribution in [-0.4, -0.2) is 7.05 Å². The number of hydrogen-bond acceptors (Lipinski definition) is 2. The predicted molar refractivity (Wildman–Crippen MR) is 55.9 cm³/mol. The fraction of sp³-hybridized carbons (Fsp3) is 0.167. The molecule has 2 nitrogen and oxygen atoms in total. The van der Waals surface area contributed by atoms with E-state index in [9.17, 15) is 13.2 Å². The fourth-order valence-electron chi connectivity index (χ4n) is 1.71. The average molecular weight is 241 g/mol. The molecule has 0 bridgehead atoms. The van der Waals surface area contributed by atoms with Crippen molar-refractivity contribution in [1.29, 1.82) is 0 Å². The summed E-state index contributed by atoms with van der Waals surface area (Å²) in [6.45, 7) is 0. The maximum atomic E-state index is 13.6. The van der Waals surface area contributed by atoms with Crippen LogP contribution < -0.4 is 5.32 Å². The maximum Gasteiger partial charge on any atom is 0.134 e. The molecule has 0 aliphatic carbocycles. The molecule has 0 saturated heterocycles. The summed E-state index contributed by atoms with van der Waals surface area (Å²) in [6, 6.07) is 3.70. The Bertz CT molecular complexity index is 487. The van der Waals surface area contributed by atoms with E-state index in [2.05, 4.69) is 5.32 Å². The Balaban J connectivity index is 2.52. The van der Waals surface area contributed by atoms with Crippen molar-refractivity contribution in [2.24, 2.45) is 0 Å². The lowest BCUT2D eigenvalue weighted by atomic mass is 10.0. The summed E-state index contributed by atoms with van der Waals surface area (Å²) in [4.78, 5) is 0. The van der Waals surface area contributed by atoms with Gasteiger partial charge in [0.1, 0.15) is 23.2 Å². The number of halogens is 3. The molecule has 2 rings (SSSR count). The first-order chi connectivity index (χ1) is 8.13. The Hall–Kier alpha value is -1.75. The monoisotopic (exact) mass is 241 g/mol. The lowest BCUT2D eigenvalue weighted by Crippen LogP contribution is -2.20. The minimum atomic E-state index is -0.946. The standard InChI is InChI=1S/C12H10F3NO/c1-16-12(10-3-2-4-17-10)11-8(14)5-7(13)6-9(11)15/h2-6,12,16H,1H3. The largest absolute Gasteiger partial charge is 0.467 e. The van der Waals surface area contributed by atoms with E-state index in [0.29, 0.717) is 17.9 Å². The first-order valence-electron chi connectivity index (χ1n) is 4.98. The molecule has 0 aliphatic rings. The Morgan fingerprint density at radius 2 is 1.82 bits per heavy atom.